The molecule has 0 atom stereocenters. The van der Waals surface area contributed by atoms with Crippen LogP contribution in [-0.2, 0) is 6.54 Å². The molecular weight excluding hydrogens is 265 g/mol. The molecule has 0 aliphatic heterocycles. The maximum absolute atomic E-state index is 13.7. The van der Waals surface area contributed by atoms with Crippen molar-refractivity contribution >= 4 is 17.0 Å². The predicted octanol–water partition coefficient (Wildman–Crippen LogP) is 3.73. The molecule has 3 rings (SSSR count). The van der Waals surface area contributed by atoms with E-state index in [1.165, 1.54) is 0 Å². The smallest absolute Gasteiger partial charge is 0.201 e. The number of anilines is 1. The minimum atomic E-state index is -0.141. The Kier molecular flexibility index (Phi) is 3.16. The van der Waals surface area contributed by atoms with Crippen LogP contribution >= 0.6 is 0 Å². The van der Waals surface area contributed by atoms with E-state index in [1.807, 2.05) is 41.8 Å². The molecule has 2 N–H and O–H groups in total. The van der Waals surface area contributed by atoms with Gasteiger partial charge in [-0.3, -0.25) is 0 Å². The van der Waals surface area contributed by atoms with Crippen molar-refractivity contribution in [2.24, 2.45) is 0 Å². The van der Waals surface area contributed by atoms with Gasteiger partial charge in [-0.1, -0.05) is 24.3 Å². The third-order valence-electron chi connectivity index (χ3n) is 3.85. The number of nitrogens with zero attached hydrogens (tertiary/aromatic N) is 2. The highest BCUT2D eigenvalue weighted by atomic mass is 19.1. The quantitative estimate of drug-likeness (QED) is 0.778. The van der Waals surface area contributed by atoms with Crippen LogP contribution in [0.2, 0.25) is 0 Å². The molecule has 3 nitrogen and oxygen atoms in total. The lowest BCUT2D eigenvalue weighted by Gasteiger charge is -2.10. The largest absolute Gasteiger partial charge is 0.369 e. The van der Waals surface area contributed by atoms with Crippen molar-refractivity contribution < 1.29 is 4.39 Å². The van der Waals surface area contributed by atoms with Gasteiger partial charge < -0.3 is 10.3 Å². The van der Waals surface area contributed by atoms with Gasteiger partial charge in [0.2, 0.25) is 5.95 Å². The van der Waals surface area contributed by atoms with Gasteiger partial charge in [0.1, 0.15) is 5.82 Å². The normalized spacial score (nSPS) is 11.2. The van der Waals surface area contributed by atoms with E-state index in [9.17, 15) is 4.39 Å². The average molecular weight is 283 g/mol. The van der Waals surface area contributed by atoms with E-state index in [0.29, 0.717) is 23.6 Å². The monoisotopic (exact) mass is 283 g/mol. The predicted molar refractivity (Wildman–Crippen MR) is 83.9 cm³/mol. The lowest BCUT2D eigenvalue weighted by atomic mass is 10.1. The van der Waals surface area contributed by atoms with Crippen LogP contribution < -0.4 is 5.73 Å². The number of aromatic nitrogens is 2. The topological polar surface area (TPSA) is 43.8 Å². The first-order valence-corrected chi connectivity index (χ1v) is 6.94. The fourth-order valence-electron chi connectivity index (χ4n) is 2.78. The first-order valence-electron chi connectivity index (χ1n) is 6.94. The molecular formula is C17H18FN3. The molecule has 0 aliphatic rings. The molecule has 0 saturated carbocycles. The van der Waals surface area contributed by atoms with Crippen LogP contribution in [0, 0.1) is 26.6 Å². The molecule has 0 amide bonds. The number of nitrogens with two attached hydrogens (primary N) is 1. The molecule has 0 bridgehead atoms. The second-order valence-electron chi connectivity index (χ2n) is 5.54. The number of aryl methyl sites for hydroxylation is 3. The molecule has 0 radical (unpaired) electrons. The minimum absolute atomic E-state index is 0.141. The molecule has 1 aromatic heterocycles. The molecule has 0 saturated heterocycles. The number of imidazole rings is 1. The molecule has 0 spiro atoms. The highest BCUT2D eigenvalue weighted by Gasteiger charge is 2.11. The van der Waals surface area contributed by atoms with Crippen molar-refractivity contribution in [1.82, 2.24) is 9.55 Å². The fourth-order valence-corrected chi connectivity index (χ4v) is 2.78. The molecule has 0 aliphatic carbocycles. The number of hydrogen-bond acceptors (Lipinski definition) is 2. The van der Waals surface area contributed by atoms with E-state index in [0.717, 1.165) is 22.2 Å². The van der Waals surface area contributed by atoms with Crippen molar-refractivity contribution in [1.29, 1.82) is 0 Å². The Hall–Kier alpha value is -2.36. The van der Waals surface area contributed by atoms with Gasteiger partial charge in [-0.25, -0.2) is 9.37 Å². The third kappa shape index (κ3) is 2.27. The number of fused-ring (bicyclic) bond motifs is 1. The summed E-state index contributed by atoms with van der Waals surface area (Å²) in [6.07, 6.45) is 0. The minimum Gasteiger partial charge on any atom is -0.369 e. The van der Waals surface area contributed by atoms with Gasteiger partial charge in [0.15, 0.2) is 0 Å². The summed E-state index contributed by atoms with van der Waals surface area (Å²) in [6.45, 7) is 6.18. The zero-order valence-corrected chi connectivity index (χ0v) is 12.4. The molecule has 1 heterocycles. The van der Waals surface area contributed by atoms with Crippen molar-refractivity contribution in [2.75, 3.05) is 5.73 Å². The van der Waals surface area contributed by atoms with Gasteiger partial charge >= 0.3 is 0 Å². The standard InChI is InChI=1S/C17H18FN3/c1-10-5-4-6-14-16(10)20-17(19)21(14)9-13-7-11(2)15(18)12(3)8-13/h4-8H,9H2,1-3H3,(H2,19,20). The summed E-state index contributed by atoms with van der Waals surface area (Å²) < 4.78 is 15.7. The lowest BCUT2D eigenvalue weighted by Crippen LogP contribution is -2.05. The van der Waals surface area contributed by atoms with Gasteiger partial charge in [0.05, 0.1) is 17.6 Å². The molecule has 4 heteroatoms. The summed E-state index contributed by atoms with van der Waals surface area (Å²) in [5.74, 6) is 0.344. The van der Waals surface area contributed by atoms with Crippen molar-refractivity contribution in [3.8, 4) is 0 Å². The Morgan fingerprint density at radius 2 is 1.76 bits per heavy atom. The number of benzene rings is 2. The van der Waals surface area contributed by atoms with Gasteiger partial charge in [0, 0.05) is 0 Å². The van der Waals surface area contributed by atoms with Crippen molar-refractivity contribution in [3.05, 3.63) is 58.4 Å². The molecule has 3 aromatic rings. The van der Waals surface area contributed by atoms with Crippen LogP contribution in [0.4, 0.5) is 10.3 Å². The molecule has 2 aromatic carbocycles. The van der Waals surface area contributed by atoms with Gasteiger partial charge in [-0.15, -0.1) is 0 Å². The highest BCUT2D eigenvalue weighted by Crippen LogP contribution is 2.23. The van der Waals surface area contributed by atoms with Crippen LogP contribution in [0.15, 0.2) is 30.3 Å². The average Bonchev–Trinajstić information content (AvgIpc) is 2.75. The molecule has 0 unspecified atom stereocenters. The SMILES string of the molecule is Cc1cc(Cn2c(N)nc3c(C)cccc32)cc(C)c1F. The van der Waals surface area contributed by atoms with Crippen molar-refractivity contribution in [3.63, 3.8) is 0 Å². The van der Waals surface area contributed by atoms with Crippen LogP contribution in [0.1, 0.15) is 22.3 Å². The maximum atomic E-state index is 13.7. The van der Waals surface area contributed by atoms with E-state index >= 15 is 0 Å². The number of halogens is 1. The second-order valence-corrected chi connectivity index (χ2v) is 5.54. The van der Waals surface area contributed by atoms with E-state index in [1.54, 1.807) is 13.8 Å². The zero-order valence-electron chi connectivity index (χ0n) is 12.4. The van der Waals surface area contributed by atoms with Gasteiger partial charge in [-0.2, -0.15) is 0 Å². The van der Waals surface area contributed by atoms with Gasteiger partial charge in [0.25, 0.3) is 0 Å². The summed E-state index contributed by atoms with van der Waals surface area (Å²) in [6, 6.07) is 9.75. The lowest BCUT2D eigenvalue weighted by molar-refractivity contribution is 0.607. The number of nitrogen functional groups attached to an aromatic ring is 1. The number of para-hydroxylation sites is 1. The van der Waals surface area contributed by atoms with Crippen LogP contribution in [0.3, 0.4) is 0 Å². The summed E-state index contributed by atoms with van der Waals surface area (Å²) in [4.78, 5) is 4.44. The third-order valence-corrected chi connectivity index (χ3v) is 3.85. The highest BCUT2D eigenvalue weighted by molar-refractivity contribution is 5.81. The second kappa shape index (κ2) is 4.88. The van der Waals surface area contributed by atoms with E-state index < -0.39 is 0 Å². The van der Waals surface area contributed by atoms with Crippen molar-refractivity contribution in [2.45, 2.75) is 27.3 Å². The summed E-state index contributed by atoms with van der Waals surface area (Å²) in [7, 11) is 0. The van der Waals surface area contributed by atoms with Crippen LogP contribution in [0.25, 0.3) is 11.0 Å². The zero-order chi connectivity index (χ0) is 15.1. The summed E-state index contributed by atoms with van der Waals surface area (Å²) in [5, 5.41) is 0. The fraction of sp³-hybridized carbons (Fsp3) is 0.235. The Balaban J connectivity index is 2.10. The first-order chi connectivity index (χ1) is 9.97. The molecule has 0 fully saturated rings. The van der Waals surface area contributed by atoms with Crippen LogP contribution in [0.5, 0.6) is 0 Å². The Bertz CT molecular complexity index is 810. The Morgan fingerprint density at radius 3 is 2.43 bits per heavy atom. The molecule has 21 heavy (non-hydrogen) atoms. The summed E-state index contributed by atoms with van der Waals surface area (Å²) >= 11 is 0. The van der Waals surface area contributed by atoms with E-state index in [2.05, 4.69) is 4.98 Å². The van der Waals surface area contributed by atoms with E-state index in [4.69, 9.17) is 5.73 Å². The van der Waals surface area contributed by atoms with Crippen LogP contribution in [-0.4, -0.2) is 9.55 Å². The number of hydrogen-bond donors (Lipinski definition) is 1. The van der Waals surface area contributed by atoms with Gasteiger partial charge in [-0.05, 0) is 49.1 Å². The first kappa shape index (κ1) is 13.6. The Labute approximate surface area is 123 Å². The summed E-state index contributed by atoms with van der Waals surface area (Å²) in [5.41, 5.74) is 11.4. The number of rotatable bonds is 2. The van der Waals surface area contributed by atoms with E-state index in [-0.39, 0.29) is 5.82 Å². The molecule has 108 valence electrons. The maximum Gasteiger partial charge on any atom is 0.201 e. The Morgan fingerprint density at radius 1 is 1.10 bits per heavy atom.